The number of benzene rings is 1. The van der Waals surface area contributed by atoms with E-state index in [0.717, 1.165) is 81.3 Å². The topological polar surface area (TPSA) is 67.8 Å². The predicted molar refractivity (Wildman–Crippen MR) is 141 cm³/mol. The predicted octanol–water partition coefficient (Wildman–Crippen LogP) is 4.73. The van der Waals surface area contributed by atoms with Crippen LogP contribution in [0, 0.1) is 18.8 Å². The van der Waals surface area contributed by atoms with Gasteiger partial charge in [-0.1, -0.05) is 23.7 Å². The van der Waals surface area contributed by atoms with Gasteiger partial charge >= 0.3 is 0 Å². The molecule has 3 aliphatic rings. The second kappa shape index (κ2) is 11.4. The van der Waals surface area contributed by atoms with Crippen molar-refractivity contribution < 1.29 is 14.3 Å². The molecule has 1 amide bonds. The first-order valence-electron chi connectivity index (χ1n) is 13.2. The number of ether oxygens (including phenoxy) is 2. The Balaban J connectivity index is 1.19. The molecule has 2 aromatic rings. The Morgan fingerprint density at radius 2 is 1.89 bits per heavy atom. The molecular formula is C28H37ClN4O3. The number of carbonyl (C=O) groups excluding carboxylic acids is 1. The number of halogens is 1. The molecule has 1 aromatic carbocycles. The lowest BCUT2D eigenvalue weighted by Gasteiger charge is -2.37. The fourth-order valence-electron chi connectivity index (χ4n) is 6.17. The second-order valence-corrected chi connectivity index (χ2v) is 11.0. The van der Waals surface area contributed by atoms with Crippen LogP contribution in [-0.4, -0.2) is 73.4 Å². The van der Waals surface area contributed by atoms with Crippen molar-refractivity contribution in [1.82, 2.24) is 14.9 Å². The maximum absolute atomic E-state index is 13.5. The Morgan fingerprint density at radius 1 is 1.11 bits per heavy atom. The molecule has 3 atom stereocenters. The average molecular weight is 513 g/mol. The normalized spacial score (nSPS) is 25.4. The van der Waals surface area contributed by atoms with Crippen LogP contribution < -0.4 is 4.90 Å². The average Bonchev–Trinajstić information content (AvgIpc) is 3.40. The first kappa shape index (κ1) is 25.4. The number of hydrogen-bond acceptors (Lipinski definition) is 6. The van der Waals surface area contributed by atoms with Gasteiger partial charge in [0.15, 0.2) is 0 Å². The highest BCUT2D eigenvalue weighted by Crippen LogP contribution is 2.34. The summed E-state index contributed by atoms with van der Waals surface area (Å²) < 4.78 is 11.2. The van der Waals surface area contributed by atoms with Gasteiger partial charge in [-0.3, -0.25) is 4.79 Å². The zero-order chi connectivity index (χ0) is 25.1. The van der Waals surface area contributed by atoms with E-state index >= 15 is 0 Å². The van der Waals surface area contributed by atoms with E-state index in [1.807, 2.05) is 24.0 Å². The van der Waals surface area contributed by atoms with Gasteiger partial charge < -0.3 is 19.3 Å². The molecule has 0 radical (unpaired) electrons. The van der Waals surface area contributed by atoms with Crippen molar-refractivity contribution in [2.45, 2.75) is 51.0 Å². The van der Waals surface area contributed by atoms with Crippen molar-refractivity contribution in [1.29, 1.82) is 0 Å². The SMILES string of the molecule is COC1COCCC1CC1CCN(C(=O)c2ncnc(N3CCC(c4ccc(Cl)cc4)C3)c2C)CC1. The third-order valence-corrected chi connectivity index (χ3v) is 8.62. The number of likely N-dealkylation sites (tertiary alicyclic amines) is 1. The van der Waals surface area contributed by atoms with Crippen molar-refractivity contribution >= 4 is 23.3 Å². The van der Waals surface area contributed by atoms with Crippen LogP contribution in [0.25, 0.3) is 0 Å². The zero-order valence-corrected chi connectivity index (χ0v) is 22.1. The van der Waals surface area contributed by atoms with E-state index in [0.29, 0.717) is 30.1 Å². The van der Waals surface area contributed by atoms with Crippen LogP contribution in [0.3, 0.4) is 0 Å². The Labute approximate surface area is 219 Å². The second-order valence-electron chi connectivity index (χ2n) is 10.5. The number of rotatable bonds is 6. The number of carbonyl (C=O) groups is 1. The van der Waals surface area contributed by atoms with Gasteiger partial charge in [-0.25, -0.2) is 9.97 Å². The summed E-state index contributed by atoms with van der Waals surface area (Å²) in [6.45, 7) is 6.88. The summed E-state index contributed by atoms with van der Waals surface area (Å²) in [7, 11) is 1.78. The molecule has 1 aromatic heterocycles. The lowest BCUT2D eigenvalue weighted by molar-refractivity contribution is -0.0725. The van der Waals surface area contributed by atoms with E-state index in [9.17, 15) is 4.79 Å². The molecule has 3 aliphatic heterocycles. The molecule has 0 bridgehead atoms. The molecule has 8 heteroatoms. The molecule has 36 heavy (non-hydrogen) atoms. The molecule has 0 aliphatic carbocycles. The minimum Gasteiger partial charge on any atom is -0.379 e. The van der Waals surface area contributed by atoms with Crippen LogP contribution in [0.5, 0.6) is 0 Å². The molecule has 5 rings (SSSR count). The summed E-state index contributed by atoms with van der Waals surface area (Å²) >= 11 is 6.07. The van der Waals surface area contributed by atoms with Crippen LogP contribution in [0.2, 0.25) is 5.02 Å². The van der Waals surface area contributed by atoms with Gasteiger partial charge in [0, 0.05) is 56.4 Å². The maximum Gasteiger partial charge on any atom is 0.272 e. The highest BCUT2D eigenvalue weighted by molar-refractivity contribution is 6.30. The largest absolute Gasteiger partial charge is 0.379 e. The van der Waals surface area contributed by atoms with Crippen LogP contribution >= 0.6 is 11.6 Å². The third-order valence-electron chi connectivity index (χ3n) is 8.37. The number of methoxy groups -OCH3 is 1. The summed E-state index contributed by atoms with van der Waals surface area (Å²) in [6.07, 6.45) is 7.09. The molecule has 7 nitrogen and oxygen atoms in total. The van der Waals surface area contributed by atoms with Gasteiger partial charge in [-0.05, 0) is 68.6 Å². The van der Waals surface area contributed by atoms with Crippen molar-refractivity contribution in [3.8, 4) is 0 Å². The lowest BCUT2D eigenvalue weighted by Crippen LogP contribution is -2.41. The van der Waals surface area contributed by atoms with E-state index in [1.54, 1.807) is 13.4 Å². The Hall–Kier alpha value is -2.22. The fourth-order valence-corrected chi connectivity index (χ4v) is 6.30. The maximum atomic E-state index is 13.5. The lowest BCUT2D eigenvalue weighted by atomic mass is 9.82. The Morgan fingerprint density at radius 3 is 2.64 bits per heavy atom. The Kier molecular flexibility index (Phi) is 8.09. The third kappa shape index (κ3) is 5.53. The monoisotopic (exact) mass is 512 g/mol. The fraction of sp³-hybridized carbons (Fsp3) is 0.607. The summed E-state index contributed by atoms with van der Waals surface area (Å²) in [4.78, 5) is 26.8. The molecule has 3 saturated heterocycles. The van der Waals surface area contributed by atoms with Gasteiger partial charge in [0.25, 0.3) is 5.91 Å². The number of nitrogens with zero attached hydrogens (tertiary/aromatic N) is 4. The molecular weight excluding hydrogens is 476 g/mol. The summed E-state index contributed by atoms with van der Waals surface area (Å²) in [5.74, 6) is 2.53. The first-order valence-corrected chi connectivity index (χ1v) is 13.6. The van der Waals surface area contributed by atoms with E-state index < -0.39 is 0 Å². The summed E-state index contributed by atoms with van der Waals surface area (Å²) in [5, 5.41) is 0.759. The van der Waals surface area contributed by atoms with E-state index in [2.05, 4.69) is 27.0 Å². The molecule has 0 spiro atoms. The van der Waals surface area contributed by atoms with Gasteiger partial charge in [0.2, 0.25) is 0 Å². The van der Waals surface area contributed by atoms with Crippen molar-refractivity contribution in [3.05, 3.63) is 52.4 Å². The molecule has 4 heterocycles. The van der Waals surface area contributed by atoms with Crippen molar-refractivity contribution in [2.24, 2.45) is 11.8 Å². The molecule has 0 saturated carbocycles. The highest BCUT2D eigenvalue weighted by atomic mass is 35.5. The smallest absolute Gasteiger partial charge is 0.272 e. The number of amides is 1. The Bertz CT molecular complexity index is 1040. The standard InChI is InChI=1S/C28H37ClN4O3/c1-19-26(28(34)32-11-7-20(8-12-32)15-22-10-14-36-17-25(22)35-2)30-18-31-27(19)33-13-9-23(16-33)21-3-5-24(29)6-4-21/h3-6,18,20,22-23,25H,7-17H2,1-2H3. The number of aromatic nitrogens is 2. The van der Waals surface area contributed by atoms with Crippen molar-refractivity contribution in [2.75, 3.05) is 51.4 Å². The summed E-state index contributed by atoms with van der Waals surface area (Å²) in [5.41, 5.74) is 2.72. The van der Waals surface area contributed by atoms with Gasteiger partial charge in [0.1, 0.15) is 17.8 Å². The number of piperidine rings is 1. The van der Waals surface area contributed by atoms with Gasteiger partial charge in [-0.15, -0.1) is 0 Å². The van der Waals surface area contributed by atoms with Crippen LogP contribution in [0.1, 0.15) is 59.6 Å². The zero-order valence-electron chi connectivity index (χ0n) is 21.4. The van der Waals surface area contributed by atoms with Gasteiger partial charge in [-0.2, -0.15) is 0 Å². The van der Waals surface area contributed by atoms with Crippen molar-refractivity contribution in [3.63, 3.8) is 0 Å². The molecule has 194 valence electrons. The number of anilines is 1. The number of hydrogen-bond donors (Lipinski definition) is 0. The molecule has 0 N–H and O–H groups in total. The minimum absolute atomic E-state index is 0.0314. The minimum atomic E-state index is 0.0314. The highest BCUT2D eigenvalue weighted by Gasteiger charge is 2.32. The van der Waals surface area contributed by atoms with Crippen LogP contribution in [0.4, 0.5) is 5.82 Å². The molecule has 3 unspecified atom stereocenters. The summed E-state index contributed by atoms with van der Waals surface area (Å²) in [6, 6.07) is 8.13. The first-order chi connectivity index (χ1) is 17.5. The quantitative estimate of drug-likeness (QED) is 0.557. The van der Waals surface area contributed by atoms with E-state index in [4.69, 9.17) is 21.1 Å². The van der Waals surface area contributed by atoms with E-state index in [-0.39, 0.29) is 12.0 Å². The van der Waals surface area contributed by atoms with Crippen LogP contribution in [-0.2, 0) is 9.47 Å². The van der Waals surface area contributed by atoms with E-state index in [1.165, 1.54) is 5.56 Å². The molecule has 3 fully saturated rings. The van der Waals surface area contributed by atoms with Gasteiger partial charge in [0.05, 0.1) is 12.7 Å². The van der Waals surface area contributed by atoms with Crippen LogP contribution in [0.15, 0.2) is 30.6 Å².